The van der Waals surface area contributed by atoms with Crippen LogP contribution in [-0.2, 0) is 24.3 Å². The van der Waals surface area contributed by atoms with Gasteiger partial charge in [-0.25, -0.2) is 4.79 Å². The van der Waals surface area contributed by atoms with Gasteiger partial charge in [0, 0.05) is 43.0 Å². The lowest BCUT2D eigenvalue weighted by atomic mass is 9.68. The average molecular weight is 456 g/mol. The van der Waals surface area contributed by atoms with Gasteiger partial charge in [-0.05, 0) is 22.9 Å². The van der Waals surface area contributed by atoms with Gasteiger partial charge < -0.3 is 10.1 Å². The Bertz CT molecular complexity index is 1730. The Morgan fingerprint density at radius 2 is 1.74 bits per heavy atom. The minimum absolute atomic E-state index is 0.0716. The first kappa shape index (κ1) is 19.9. The highest BCUT2D eigenvalue weighted by molar-refractivity contribution is 6.15. The maximum Gasteiger partial charge on any atom is 0.333 e. The molecule has 0 saturated heterocycles. The Kier molecular flexibility index (Phi) is 3.75. The number of carbonyl (C=O) groups is 1. The Morgan fingerprint density at radius 1 is 0.971 bits per heavy atom. The summed E-state index contributed by atoms with van der Waals surface area (Å²) in [5.74, 6) is -0.352. The molecule has 0 saturated carbocycles. The number of non-ortho nitro benzene ring substituents is 1. The molecule has 6 rings (SSSR count). The number of nitrogens with zero attached hydrogens (tertiary/aromatic N) is 3. The normalized spacial score (nSPS) is 17.6. The van der Waals surface area contributed by atoms with E-state index in [2.05, 4.69) is 5.32 Å². The van der Waals surface area contributed by atoms with Gasteiger partial charge in [0.15, 0.2) is 0 Å². The van der Waals surface area contributed by atoms with Crippen LogP contribution in [0.4, 0.5) is 11.4 Å². The first-order valence-corrected chi connectivity index (χ1v) is 10.4. The van der Waals surface area contributed by atoms with E-state index in [1.54, 1.807) is 18.2 Å². The van der Waals surface area contributed by atoms with E-state index >= 15 is 0 Å². The molecule has 1 atom stereocenters. The van der Waals surface area contributed by atoms with E-state index in [0.29, 0.717) is 16.6 Å². The van der Waals surface area contributed by atoms with Crippen LogP contribution in [0.3, 0.4) is 0 Å². The predicted octanol–water partition coefficient (Wildman–Crippen LogP) is 2.54. The second-order valence-electron chi connectivity index (χ2n) is 8.34. The first-order chi connectivity index (χ1) is 16.3. The quantitative estimate of drug-likeness (QED) is 0.347. The van der Waals surface area contributed by atoms with Gasteiger partial charge in [0.1, 0.15) is 16.7 Å². The molecule has 2 aliphatic heterocycles. The molecule has 3 aromatic carbocycles. The third-order valence-electron chi connectivity index (χ3n) is 6.67. The second-order valence-corrected chi connectivity index (χ2v) is 8.34. The SMILES string of the molecule is Cn1c2c(c(=O)n(C)c1=O)C1(C(=O)Nc3ccc([N+](=O)[O-])cc31)c1c(ccc3ccccc13)O2. The van der Waals surface area contributed by atoms with E-state index in [0.717, 1.165) is 9.95 Å². The Morgan fingerprint density at radius 3 is 2.50 bits per heavy atom. The van der Waals surface area contributed by atoms with Crippen LogP contribution in [0.5, 0.6) is 11.6 Å². The summed E-state index contributed by atoms with van der Waals surface area (Å²) in [5, 5.41) is 15.9. The molecular weight excluding hydrogens is 440 g/mol. The number of hydrogen-bond donors (Lipinski definition) is 1. The zero-order valence-electron chi connectivity index (χ0n) is 18.0. The number of hydrogen-bond acceptors (Lipinski definition) is 6. The van der Waals surface area contributed by atoms with E-state index < -0.39 is 27.5 Å². The fraction of sp³-hybridized carbons (Fsp3) is 0.125. The highest BCUT2D eigenvalue weighted by Crippen LogP contribution is 2.57. The minimum Gasteiger partial charge on any atom is -0.440 e. The van der Waals surface area contributed by atoms with E-state index in [1.165, 1.54) is 36.9 Å². The zero-order valence-corrected chi connectivity index (χ0v) is 18.0. The van der Waals surface area contributed by atoms with Crippen LogP contribution in [0.25, 0.3) is 10.8 Å². The van der Waals surface area contributed by atoms with Crippen LogP contribution in [0.2, 0.25) is 0 Å². The molecule has 1 aromatic heterocycles. The summed E-state index contributed by atoms with van der Waals surface area (Å²) in [6, 6.07) is 14.8. The maximum absolute atomic E-state index is 13.9. The van der Waals surface area contributed by atoms with Crippen molar-refractivity contribution in [1.82, 2.24) is 9.13 Å². The third kappa shape index (κ3) is 2.21. The molecule has 1 N–H and O–H groups in total. The molecule has 1 amide bonds. The molecule has 1 unspecified atom stereocenters. The van der Waals surface area contributed by atoms with E-state index in [1.807, 2.05) is 18.2 Å². The fourth-order valence-electron chi connectivity index (χ4n) is 5.12. The molecule has 1 spiro atoms. The van der Waals surface area contributed by atoms with Gasteiger partial charge in [-0.3, -0.25) is 28.8 Å². The number of ether oxygens (including phenoxy) is 1. The van der Waals surface area contributed by atoms with Gasteiger partial charge in [0.25, 0.3) is 11.2 Å². The van der Waals surface area contributed by atoms with Crippen molar-refractivity contribution in [3.63, 3.8) is 0 Å². The predicted molar refractivity (Wildman–Crippen MR) is 123 cm³/mol. The number of carbonyl (C=O) groups excluding carboxylic acids is 1. The number of rotatable bonds is 1. The average Bonchev–Trinajstić information content (AvgIpc) is 3.12. The van der Waals surface area contributed by atoms with Crippen LogP contribution in [-0.4, -0.2) is 20.0 Å². The molecule has 2 aliphatic rings. The molecule has 168 valence electrons. The summed E-state index contributed by atoms with van der Waals surface area (Å²) in [6.45, 7) is 0. The van der Waals surface area contributed by atoms with Gasteiger partial charge in [-0.15, -0.1) is 0 Å². The number of amides is 1. The van der Waals surface area contributed by atoms with Crippen LogP contribution < -0.4 is 21.3 Å². The summed E-state index contributed by atoms with van der Waals surface area (Å²) in [6.07, 6.45) is 0. The van der Waals surface area contributed by atoms with Crippen molar-refractivity contribution in [2.75, 3.05) is 5.32 Å². The molecule has 10 nitrogen and oxygen atoms in total. The number of anilines is 1. The summed E-state index contributed by atoms with van der Waals surface area (Å²) in [4.78, 5) is 51.4. The van der Waals surface area contributed by atoms with Crippen LogP contribution >= 0.6 is 0 Å². The molecule has 10 heteroatoms. The van der Waals surface area contributed by atoms with Crippen molar-refractivity contribution < 1.29 is 14.5 Å². The van der Waals surface area contributed by atoms with Crippen molar-refractivity contribution in [1.29, 1.82) is 0 Å². The highest BCUT2D eigenvalue weighted by Gasteiger charge is 2.58. The zero-order chi connectivity index (χ0) is 23.9. The van der Waals surface area contributed by atoms with Crippen molar-refractivity contribution in [2.45, 2.75) is 5.41 Å². The summed E-state index contributed by atoms with van der Waals surface area (Å²) in [5.41, 5.74) is -2.42. The third-order valence-corrected chi connectivity index (χ3v) is 6.67. The van der Waals surface area contributed by atoms with E-state index in [4.69, 9.17) is 4.74 Å². The monoisotopic (exact) mass is 456 g/mol. The largest absolute Gasteiger partial charge is 0.440 e. The van der Waals surface area contributed by atoms with Crippen molar-refractivity contribution in [3.8, 4) is 11.6 Å². The molecule has 0 bridgehead atoms. The molecular formula is C24H16N4O6. The van der Waals surface area contributed by atoms with Crippen LogP contribution in [0, 0.1) is 10.1 Å². The van der Waals surface area contributed by atoms with Crippen molar-refractivity contribution >= 4 is 28.1 Å². The highest BCUT2D eigenvalue weighted by atomic mass is 16.6. The number of nitro groups is 1. The van der Waals surface area contributed by atoms with Gasteiger partial charge in [0.2, 0.25) is 11.8 Å². The molecule has 0 radical (unpaired) electrons. The minimum atomic E-state index is -1.77. The molecule has 4 aromatic rings. The standard InChI is InChI=1S/C24H16N4O6/c1-26-20(29)19-21(27(2)23(26)31)34-17-10-7-12-5-3-4-6-14(12)18(17)24(19)15-11-13(28(32)33)8-9-16(15)25-22(24)30/h3-11H,1-2H3,(H,25,30). The van der Waals surface area contributed by atoms with Gasteiger partial charge in [-0.1, -0.05) is 30.3 Å². The van der Waals surface area contributed by atoms with Crippen LogP contribution in [0.1, 0.15) is 16.7 Å². The van der Waals surface area contributed by atoms with Crippen molar-refractivity contribution in [2.24, 2.45) is 14.1 Å². The summed E-state index contributed by atoms with van der Waals surface area (Å²) >= 11 is 0. The van der Waals surface area contributed by atoms with E-state index in [9.17, 15) is 24.5 Å². The lowest BCUT2D eigenvalue weighted by Crippen LogP contribution is -2.50. The smallest absolute Gasteiger partial charge is 0.333 e. The first-order valence-electron chi connectivity index (χ1n) is 10.4. The number of benzene rings is 3. The second kappa shape index (κ2) is 6.41. The number of aromatic nitrogens is 2. The van der Waals surface area contributed by atoms with Gasteiger partial charge in [-0.2, -0.15) is 0 Å². The van der Waals surface area contributed by atoms with Gasteiger partial charge in [0.05, 0.1) is 4.92 Å². The summed E-state index contributed by atoms with van der Waals surface area (Å²) in [7, 11) is 2.76. The summed E-state index contributed by atoms with van der Waals surface area (Å²) < 4.78 is 8.17. The molecule has 34 heavy (non-hydrogen) atoms. The lowest BCUT2D eigenvalue weighted by molar-refractivity contribution is -0.384. The number of nitrogens with one attached hydrogen (secondary N) is 1. The van der Waals surface area contributed by atoms with Gasteiger partial charge >= 0.3 is 5.69 Å². The fourth-order valence-corrected chi connectivity index (χ4v) is 5.12. The molecule has 0 fully saturated rings. The Balaban J connectivity index is 1.90. The molecule has 0 aliphatic carbocycles. The maximum atomic E-state index is 13.9. The lowest BCUT2D eigenvalue weighted by Gasteiger charge is -2.36. The van der Waals surface area contributed by atoms with Crippen LogP contribution in [0.15, 0.2) is 64.2 Å². The van der Waals surface area contributed by atoms with E-state index in [-0.39, 0.29) is 28.4 Å². The molecule has 3 heterocycles. The Labute approximate surface area is 190 Å². The number of fused-ring (bicyclic) bond motifs is 8. The van der Waals surface area contributed by atoms with Crippen molar-refractivity contribution in [3.05, 3.63) is 102 Å². The Hall–Kier alpha value is -4.73. The topological polar surface area (TPSA) is 125 Å². The number of nitro benzene ring substituents is 1.